The highest BCUT2D eigenvalue weighted by atomic mass is 16.5. The molecule has 0 saturated heterocycles. The van der Waals surface area contributed by atoms with Gasteiger partial charge in [-0.15, -0.1) is 0 Å². The van der Waals surface area contributed by atoms with Crippen molar-refractivity contribution in [3.63, 3.8) is 0 Å². The van der Waals surface area contributed by atoms with E-state index in [0.29, 0.717) is 0 Å². The Bertz CT molecular complexity index is 418. The van der Waals surface area contributed by atoms with Crippen molar-refractivity contribution < 1.29 is 38.2 Å². The number of rotatable bonds is 3. The first-order chi connectivity index (χ1) is 8.90. The number of carbonyl (C=O) groups excluding carboxylic acids is 5. The van der Waals surface area contributed by atoms with E-state index >= 15 is 0 Å². The van der Waals surface area contributed by atoms with Crippen molar-refractivity contribution in [2.75, 3.05) is 21.3 Å². The smallest absolute Gasteiger partial charge is 0.317 e. The van der Waals surface area contributed by atoms with Crippen LogP contribution >= 0.6 is 0 Å². The highest BCUT2D eigenvalue weighted by Gasteiger charge is 2.60. The maximum Gasteiger partial charge on any atom is 0.317 e. The van der Waals surface area contributed by atoms with Gasteiger partial charge in [-0.1, -0.05) is 0 Å². The molecule has 1 rings (SSSR count). The number of esters is 3. The average Bonchev–Trinajstić information content (AvgIpc) is 2.69. The van der Waals surface area contributed by atoms with Crippen molar-refractivity contribution in [3.05, 3.63) is 0 Å². The summed E-state index contributed by atoms with van der Waals surface area (Å²) < 4.78 is 13.2. The predicted molar refractivity (Wildman–Crippen MR) is 56.5 cm³/mol. The third kappa shape index (κ3) is 2.33. The van der Waals surface area contributed by atoms with Gasteiger partial charge in [-0.05, 0) is 0 Å². The van der Waals surface area contributed by atoms with Gasteiger partial charge in [0.2, 0.25) is 11.6 Å². The summed E-state index contributed by atoms with van der Waals surface area (Å²) in [6, 6.07) is 0. The summed E-state index contributed by atoms with van der Waals surface area (Å²) in [6.45, 7) is 0. The quantitative estimate of drug-likeness (QED) is 0.264. The number of carbonyl (C=O) groups is 5. The molecule has 0 heterocycles. The summed E-state index contributed by atoms with van der Waals surface area (Å²) in [5.41, 5.74) is 0. The van der Waals surface area contributed by atoms with Crippen LogP contribution in [-0.2, 0) is 38.2 Å². The lowest BCUT2D eigenvalue weighted by molar-refractivity contribution is -0.163. The highest BCUT2D eigenvalue weighted by molar-refractivity contribution is 6.48. The molecule has 0 aromatic carbocycles. The molecule has 0 amide bonds. The minimum absolute atomic E-state index is 1.000. The van der Waals surface area contributed by atoms with Crippen molar-refractivity contribution in [2.24, 2.45) is 17.8 Å². The van der Waals surface area contributed by atoms with Gasteiger partial charge in [0.15, 0.2) is 0 Å². The van der Waals surface area contributed by atoms with E-state index < -0.39 is 47.2 Å². The highest BCUT2D eigenvalue weighted by Crippen LogP contribution is 2.34. The van der Waals surface area contributed by atoms with Crippen LogP contribution in [0.2, 0.25) is 0 Å². The first kappa shape index (κ1) is 14.8. The zero-order chi connectivity index (χ0) is 14.7. The zero-order valence-electron chi connectivity index (χ0n) is 10.5. The number of Topliss-reactive ketones (excluding diaryl/α,β-unsaturated/α-hetero) is 2. The Morgan fingerprint density at radius 2 is 1.05 bits per heavy atom. The zero-order valence-corrected chi connectivity index (χ0v) is 10.5. The van der Waals surface area contributed by atoms with Crippen LogP contribution in [0, 0.1) is 17.8 Å². The van der Waals surface area contributed by atoms with E-state index in [9.17, 15) is 24.0 Å². The van der Waals surface area contributed by atoms with Crippen molar-refractivity contribution in [2.45, 2.75) is 0 Å². The van der Waals surface area contributed by atoms with Gasteiger partial charge in [-0.3, -0.25) is 24.0 Å². The van der Waals surface area contributed by atoms with Gasteiger partial charge in [0.25, 0.3) is 0 Å². The Kier molecular flexibility index (Phi) is 4.36. The van der Waals surface area contributed by atoms with Gasteiger partial charge >= 0.3 is 17.9 Å². The van der Waals surface area contributed by atoms with Crippen LogP contribution in [0.5, 0.6) is 0 Å². The molecular weight excluding hydrogens is 260 g/mol. The average molecular weight is 272 g/mol. The van der Waals surface area contributed by atoms with E-state index in [1.165, 1.54) is 0 Å². The second-order valence-corrected chi connectivity index (χ2v) is 3.78. The number of ketones is 2. The molecule has 0 radical (unpaired) electrons. The molecule has 0 spiro atoms. The third-order valence-corrected chi connectivity index (χ3v) is 2.91. The molecule has 8 nitrogen and oxygen atoms in total. The maximum atomic E-state index is 11.7. The standard InChI is InChI=1S/C11H12O8/c1-17-9(14)4-5(10(15)18-2)7(12)8(13)6(4)11(16)19-3/h4-6H,1-3H3. The lowest BCUT2D eigenvalue weighted by atomic mass is 9.89. The largest absolute Gasteiger partial charge is 0.469 e. The summed E-state index contributed by atoms with van der Waals surface area (Å²) in [6.07, 6.45) is 0. The maximum absolute atomic E-state index is 11.7. The van der Waals surface area contributed by atoms with E-state index in [0.717, 1.165) is 21.3 Å². The van der Waals surface area contributed by atoms with Crippen LogP contribution in [0.15, 0.2) is 0 Å². The van der Waals surface area contributed by atoms with Gasteiger partial charge in [-0.25, -0.2) is 0 Å². The molecule has 1 aliphatic rings. The summed E-state index contributed by atoms with van der Waals surface area (Å²) in [5, 5.41) is 0. The molecule has 104 valence electrons. The van der Waals surface area contributed by atoms with Crippen molar-refractivity contribution in [3.8, 4) is 0 Å². The first-order valence-electron chi connectivity index (χ1n) is 5.22. The van der Waals surface area contributed by atoms with Crippen LogP contribution in [0.3, 0.4) is 0 Å². The van der Waals surface area contributed by atoms with Gasteiger partial charge in [0, 0.05) is 0 Å². The van der Waals surface area contributed by atoms with E-state index in [4.69, 9.17) is 0 Å². The Morgan fingerprint density at radius 1 is 0.737 bits per heavy atom. The SMILES string of the molecule is COC(=O)C1C(=O)C(=O)C(C(=O)OC)C1C(=O)OC. The molecule has 0 aromatic rings. The molecule has 0 N–H and O–H groups in total. The second-order valence-electron chi connectivity index (χ2n) is 3.78. The summed E-state index contributed by atoms with van der Waals surface area (Å²) in [4.78, 5) is 58.0. The Hall–Kier alpha value is -2.25. The molecule has 0 bridgehead atoms. The summed E-state index contributed by atoms with van der Waals surface area (Å²) in [7, 11) is 3.01. The van der Waals surface area contributed by atoms with E-state index in [-0.39, 0.29) is 0 Å². The van der Waals surface area contributed by atoms with Crippen LogP contribution in [-0.4, -0.2) is 50.8 Å². The van der Waals surface area contributed by atoms with Gasteiger partial charge in [0.05, 0.1) is 27.2 Å². The fraction of sp³-hybridized carbons (Fsp3) is 0.545. The van der Waals surface area contributed by atoms with Crippen LogP contribution in [0.25, 0.3) is 0 Å². The van der Waals surface area contributed by atoms with E-state index in [1.54, 1.807) is 0 Å². The summed E-state index contributed by atoms with van der Waals surface area (Å²) >= 11 is 0. The number of ether oxygens (including phenoxy) is 3. The molecule has 1 aliphatic carbocycles. The number of methoxy groups -OCH3 is 3. The third-order valence-electron chi connectivity index (χ3n) is 2.91. The molecule has 8 heteroatoms. The van der Waals surface area contributed by atoms with Gasteiger partial charge in [-0.2, -0.15) is 0 Å². The topological polar surface area (TPSA) is 113 Å². The molecule has 0 aromatic heterocycles. The van der Waals surface area contributed by atoms with Crippen LogP contribution in [0.4, 0.5) is 0 Å². The van der Waals surface area contributed by atoms with Gasteiger partial charge in [0.1, 0.15) is 11.8 Å². The normalized spacial score (nSPS) is 25.9. The van der Waals surface area contributed by atoms with Crippen molar-refractivity contribution in [1.82, 2.24) is 0 Å². The fourth-order valence-corrected chi connectivity index (χ4v) is 1.99. The number of hydrogen-bond acceptors (Lipinski definition) is 8. The monoisotopic (exact) mass is 272 g/mol. The molecule has 0 aliphatic heterocycles. The van der Waals surface area contributed by atoms with E-state index in [2.05, 4.69) is 14.2 Å². The van der Waals surface area contributed by atoms with Gasteiger partial charge < -0.3 is 14.2 Å². The summed E-state index contributed by atoms with van der Waals surface area (Å²) in [5.74, 6) is -10.4. The van der Waals surface area contributed by atoms with Crippen LogP contribution in [0.1, 0.15) is 0 Å². The lowest BCUT2D eigenvalue weighted by Crippen LogP contribution is -2.36. The Labute approximate surface area is 108 Å². The van der Waals surface area contributed by atoms with Crippen LogP contribution < -0.4 is 0 Å². The Morgan fingerprint density at radius 3 is 1.32 bits per heavy atom. The minimum Gasteiger partial charge on any atom is -0.469 e. The fourth-order valence-electron chi connectivity index (χ4n) is 1.99. The first-order valence-corrected chi connectivity index (χ1v) is 5.22. The lowest BCUT2D eigenvalue weighted by Gasteiger charge is -2.17. The molecule has 1 fully saturated rings. The molecule has 2 unspecified atom stereocenters. The van der Waals surface area contributed by atoms with Crippen molar-refractivity contribution >= 4 is 29.5 Å². The number of hydrogen-bond donors (Lipinski definition) is 0. The Balaban J connectivity index is 3.28. The second kappa shape index (κ2) is 5.59. The van der Waals surface area contributed by atoms with Crippen molar-refractivity contribution in [1.29, 1.82) is 0 Å². The molecule has 1 saturated carbocycles. The molecule has 19 heavy (non-hydrogen) atoms. The minimum atomic E-state index is -1.67. The molecule has 2 atom stereocenters. The molecular formula is C11H12O8. The predicted octanol–water partition coefficient (Wildman–Crippen LogP) is -1.49. The van der Waals surface area contributed by atoms with E-state index in [1.807, 2.05) is 0 Å².